The van der Waals surface area contributed by atoms with Crippen molar-refractivity contribution < 1.29 is 4.79 Å². The molecule has 0 radical (unpaired) electrons. The highest BCUT2D eigenvalue weighted by molar-refractivity contribution is 7.10. The molecule has 2 heteroatoms. The smallest absolute Gasteiger partial charge is 0.150 e. The van der Waals surface area contributed by atoms with Crippen LogP contribution >= 0.6 is 11.3 Å². The molecule has 2 rings (SSSR count). The molecule has 1 aromatic heterocycles. The molecule has 0 aliphatic carbocycles. The van der Waals surface area contributed by atoms with Gasteiger partial charge in [-0.25, -0.2) is 0 Å². The first-order chi connectivity index (χ1) is 7.38. The molecule has 0 atom stereocenters. The van der Waals surface area contributed by atoms with E-state index >= 15 is 0 Å². The minimum atomic E-state index is 0.711. The third-order valence-corrected chi connectivity index (χ3v) is 2.87. The van der Waals surface area contributed by atoms with Crippen molar-refractivity contribution in [3.63, 3.8) is 0 Å². The Kier molecular flexibility index (Phi) is 3.10. The van der Waals surface area contributed by atoms with Gasteiger partial charge in [0.05, 0.1) is 0 Å². The number of hydrogen-bond acceptors (Lipinski definition) is 2. The Hall–Kier alpha value is -1.67. The molecule has 0 aliphatic heterocycles. The first-order valence-electron chi connectivity index (χ1n) is 4.65. The quantitative estimate of drug-likeness (QED) is 0.711. The summed E-state index contributed by atoms with van der Waals surface area (Å²) >= 11 is 1.70. The van der Waals surface area contributed by atoms with E-state index in [4.69, 9.17) is 0 Å². The van der Waals surface area contributed by atoms with Gasteiger partial charge in [0.2, 0.25) is 0 Å². The Bertz CT molecular complexity index is 469. The Balaban J connectivity index is 2.20. The second-order valence-corrected chi connectivity index (χ2v) is 4.12. The zero-order chi connectivity index (χ0) is 10.5. The topological polar surface area (TPSA) is 17.1 Å². The molecule has 0 fully saturated rings. The van der Waals surface area contributed by atoms with Crippen LogP contribution in [0, 0.1) is 0 Å². The third-order valence-electron chi connectivity index (χ3n) is 2.03. The predicted molar refractivity (Wildman–Crippen MR) is 65.1 cm³/mol. The van der Waals surface area contributed by atoms with E-state index in [9.17, 15) is 4.79 Å². The average Bonchev–Trinajstić information content (AvgIpc) is 2.79. The van der Waals surface area contributed by atoms with Crippen molar-refractivity contribution in [2.45, 2.75) is 0 Å². The van der Waals surface area contributed by atoms with Crippen LogP contribution in [0.15, 0.2) is 41.8 Å². The monoisotopic (exact) mass is 214 g/mol. The van der Waals surface area contributed by atoms with Crippen LogP contribution in [0.5, 0.6) is 0 Å². The summed E-state index contributed by atoms with van der Waals surface area (Å²) in [4.78, 5) is 11.8. The van der Waals surface area contributed by atoms with E-state index in [0.717, 1.165) is 11.8 Å². The van der Waals surface area contributed by atoms with Crippen molar-refractivity contribution in [2.75, 3.05) is 0 Å². The molecule has 74 valence electrons. The molecule has 0 N–H and O–H groups in total. The van der Waals surface area contributed by atoms with Crippen molar-refractivity contribution in [3.05, 3.63) is 57.8 Å². The van der Waals surface area contributed by atoms with E-state index in [1.807, 2.05) is 35.7 Å². The van der Waals surface area contributed by atoms with Gasteiger partial charge in [-0.15, -0.1) is 11.3 Å². The highest BCUT2D eigenvalue weighted by Crippen LogP contribution is 2.13. The second kappa shape index (κ2) is 4.71. The van der Waals surface area contributed by atoms with Crippen LogP contribution in [0.3, 0.4) is 0 Å². The summed E-state index contributed by atoms with van der Waals surface area (Å²) in [5, 5.41) is 2.04. The Labute approximate surface area is 92.7 Å². The van der Waals surface area contributed by atoms with Crippen LogP contribution in [0.1, 0.15) is 20.8 Å². The fourth-order valence-electron chi connectivity index (χ4n) is 1.30. The first-order valence-corrected chi connectivity index (χ1v) is 5.53. The van der Waals surface area contributed by atoms with Gasteiger partial charge in [0.1, 0.15) is 6.29 Å². The van der Waals surface area contributed by atoms with Crippen LogP contribution in [-0.2, 0) is 0 Å². The van der Waals surface area contributed by atoms with Crippen LogP contribution in [0.2, 0.25) is 0 Å². The van der Waals surface area contributed by atoms with E-state index in [2.05, 4.69) is 12.1 Å². The van der Waals surface area contributed by atoms with Gasteiger partial charge in [0.25, 0.3) is 0 Å². The van der Waals surface area contributed by atoms with Gasteiger partial charge in [0, 0.05) is 10.4 Å². The SMILES string of the molecule is O=Cc1cccc(/C=C/c2cccs2)c1. The van der Waals surface area contributed by atoms with Crippen molar-refractivity contribution in [1.82, 2.24) is 0 Å². The summed E-state index contributed by atoms with van der Waals surface area (Å²) in [5.41, 5.74) is 1.76. The maximum Gasteiger partial charge on any atom is 0.150 e. The van der Waals surface area contributed by atoms with Crippen molar-refractivity contribution in [2.24, 2.45) is 0 Å². The number of carbonyl (C=O) groups is 1. The maximum atomic E-state index is 10.6. The normalized spacial score (nSPS) is 10.7. The molecule has 1 aromatic carbocycles. The molecule has 2 aromatic rings. The van der Waals surface area contributed by atoms with E-state index in [-0.39, 0.29) is 0 Å². The maximum absolute atomic E-state index is 10.6. The van der Waals surface area contributed by atoms with Gasteiger partial charge in [-0.2, -0.15) is 0 Å². The molecule has 0 aliphatic rings. The number of carbonyl (C=O) groups excluding carboxylic acids is 1. The lowest BCUT2D eigenvalue weighted by molar-refractivity contribution is 0.112. The number of benzene rings is 1. The van der Waals surface area contributed by atoms with Gasteiger partial charge in [-0.3, -0.25) is 4.79 Å². The standard InChI is InChI=1S/C13H10OS/c14-10-12-4-1-3-11(9-12)6-7-13-5-2-8-15-13/h1-10H/b7-6+. The molecule has 1 heterocycles. The molecule has 0 unspecified atom stereocenters. The number of rotatable bonds is 3. The van der Waals surface area contributed by atoms with E-state index in [1.165, 1.54) is 4.88 Å². The summed E-state index contributed by atoms with van der Waals surface area (Å²) in [6.45, 7) is 0. The molecule has 0 saturated carbocycles. The van der Waals surface area contributed by atoms with Crippen LogP contribution < -0.4 is 0 Å². The molecule has 0 bridgehead atoms. The minimum absolute atomic E-state index is 0.711. The highest BCUT2D eigenvalue weighted by atomic mass is 32.1. The predicted octanol–water partition coefficient (Wildman–Crippen LogP) is 3.73. The van der Waals surface area contributed by atoms with E-state index < -0.39 is 0 Å². The van der Waals surface area contributed by atoms with Crippen LogP contribution in [-0.4, -0.2) is 6.29 Å². The van der Waals surface area contributed by atoms with Gasteiger partial charge in [-0.1, -0.05) is 30.3 Å². The largest absolute Gasteiger partial charge is 0.298 e. The average molecular weight is 214 g/mol. The van der Waals surface area contributed by atoms with Crippen molar-refractivity contribution in [3.8, 4) is 0 Å². The summed E-state index contributed by atoms with van der Waals surface area (Å²) in [7, 11) is 0. The van der Waals surface area contributed by atoms with E-state index in [0.29, 0.717) is 5.56 Å². The zero-order valence-electron chi connectivity index (χ0n) is 8.09. The third kappa shape index (κ3) is 2.64. The first kappa shape index (κ1) is 9.87. The van der Waals surface area contributed by atoms with Gasteiger partial charge in [-0.05, 0) is 29.2 Å². The molecule has 15 heavy (non-hydrogen) atoms. The number of aldehydes is 1. The Morgan fingerprint density at radius 2 is 1.87 bits per heavy atom. The van der Waals surface area contributed by atoms with Gasteiger partial charge >= 0.3 is 0 Å². The van der Waals surface area contributed by atoms with Crippen LogP contribution in [0.4, 0.5) is 0 Å². The van der Waals surface area contributed by atoms with E-state index in [1.54, 1.807) is 17.4 Å². The highest BCUT2D eigenvalue weighted by Gasteiger charge is 1.91. The second-order valence-electron chi connectivity index (χ2n) is 3.14. The fourth-order valence-corrected chi connectivity index (χ4v) is 1.92. The zero-order valence-corrected chi connectivity index (χ0v) is 8.91. The summed E-state index contributed by atoms with van der Waals surface area (Å²) in [5.74, 6) is 0. The van der Waals surface area contributed by atoms with Crippen molar-refractivity contribution in [1.29, 1.82) is 0 Å². The molecular weight excluding hydrogens is 204 g/mol. The lowest BCUT2D eigenvalue weighted by atomic mass is 10.1. The van der Waals surface area contributed by atoms with Crippen molar-refractivity contribution >= 4 is 29.8 Å². The Morgan fingerprint density at radius 1 is 1.00 bits per heavy atom. The van der Waals surface area contributed by atoms with Gasteiger partial charge in [0.15, 0.2) is 0 Å². The number of hydrogen-bond donors (Lipinski definition) is 0. The molecular formula is C13H10OS. The molecule has 0 spiro atoms. The molecule has 1 nitrogen and oxygen atoms in total. The van der Waals surface area contributed by atoms with Crippen LogP contribution in [0.25, 0.3) is 12.2 Å². The summed E-state index contributed by atoms with van der Waals surface area (Å²) in [6, 6.07) is 11.6. The summed E-state index contributed by atoms with van der Waals surface area (Å²) < 4.78 is 0. The Morgan fingerprint density at radius 3 is 2.60 bits per heavy atom. The molecule has 0 saturated heterocycles. The minimum Gasteiger partial charge on any atom is -0.298 e. The lowest BCUT2D eigenvalue weighted by Crippen LogP contribution is -1.79. The summed E-state index contributed by atoms with van der Waals surface area (Å²) in [6.07, 6.45) is 4.93. The molecule has 0 amide bonds. The van der Waals surface area contributed by atoms with Gasteiger partial charge < -0.3 is 0 Å². The lowest BCUT2D eigenvalue weighted by Gasteiger charge is -1.93. The fraction of sp³-hybridized carbons (Fsp3) is 0. The number of thiophene rings is 1.